The molecule has 2 unspecified atom stereocenters. The van der Waals surface area contributed by atoms with E-state index in [2.05, 4.69) is 10.6 Å². The molecule has 2 atom stereocenters. The van der Waals surface area contributed by atoms with Gasteiger partial charge in [0.1, 0.15) is 31.1 Å². The Morgan fingerprint density at radius 1 is 0.703 bits per heavy atom. The summed E-state index contributed by atoms with van der Waals surface area (Å²) in [6.45, 7) is 1.73. The molecular formula is C28H36N2O7. The van der Waals surface area contributed by atoms with Crippen LogP contribution in [0.15, 0.2) is 60.7 Å². The molecule has 2 aromatic carbocycles. The number of likely N-dealkylation sites (N-methyl/N-ethyl adjacent to an activating group) is 1. The number of rotatable bonds is 17. The Morgan fingerprint density at radius 2 is 1.19 bits per heavy atom. The number of carbonyl (C=O) groups is 4. The number of ketones is 1. The maximum Gasteiger partial charge on any atom is 0.329 e. The highest BCUT2D eigenvalue weighted by atomic mass is 16.6. The number of carbonyl (C=O) groups excluding carboxylic acids is 4. The lowest BCUT2D eigenvalue weighted by Gasteiger charge is -2.18. The first kappa shape index (κ1) is 29.7. The first-order valence-electron chi connectivity index (χ1n) is 12.3. The van der Waals surface area contributed by atoms with Crippen LogP contribution >= 0.6 is 0 Å². The van der Waals surface area contributed by atoms with Crippen LogP contribution in [0.4, 0.5) is 0 Å². The quantitative estimate of drug-likeness (QED) is 0.244. The summed E-state index contributed by atoms with van der Waals surface area (Å²) in [4.78, 5) is 48.3. The number of hydrogen-bond donors (Lipinski definition) is 2. The number of hydrogen-bond acceptors (Lipinski definition) is 8. The molecule has 2 N–H and O–H groups in total. The van der Waals surface area contributed by atoms with Crippen molar-refractivity contribution in [3.8, 4) is 0 Å². The molecular weight excluding hydrogens is 476 g/mol. The Kier molecular flexibility index (Phi) is 13.6. The second kappa shape index (κ2) is 17.0. The van der Waals surface area contributed by atoms with Crippen LogP contribution in [0.5, 0.6) is 0 Å². The van der Waals surface area contributed by atoms with E-state index in [1.165, 1.54) is 6.92 Å². The van der Waals surface area contributed by atoms with E-state index < -0.39 is 24.0 Å². The predicted molar refractivity (Wildman–Crippen MR) is 138 cm³/mol. The Hall–Kier alpha value is -3.56. The van der Waals surface area contributed by atoms with Crippen LogP contribution in [0.3, 0.4) is 0 Å². The molecule has 0 saturated heterocycles. The molecule has 0 aromatic heterocycles. The number of nitrogens with one attached hydrogen (secondary N) is 2. The second-order valence-electron chi connectivity index (χ2n) is 8.49. The molecule has 1 amide bonds. The maximum absolute atomic E-state index is 12.6. The lowest BCUT2D eigenvalue weighted by atomic mass is 10.1. The third-order valence-electron chi connectivity index (χ3n) is 5.47. The smallest absolute Gasteiger partial charge is 0.329 e. The Balaban J connectivity index is 1.70. The van der Waals surface area contributed by atoms with Crippen molar-refractivity contribution in [2.75, 3.05) is 33.5 Å². The molecule has 0 heterocycles. The molecule has 0 aliphatic rings. The molecule has 0 radical (unpaired) electrons. The van der Waals surface area contributed by atoms with E-state index in [1.54, 1.807) is 7.05 Å². The molecule has 0 aliphatic carbocycles. The molecule has 9 nitrogen and oxygen atoms in total. The topological polar surface area (TPSA) is 120 Å². The van der Waals surface area contributed by atoms with Crippen LogP contribution in [0.25, 0.3) is 0 Å². The first-order chi connectivity index (χ1) is 17.9. The van der Waals surface area contributed by atoms with Gasteiger partial charge in [-0.05, 0) is 31.5 Å². The standard InChI is InChI=1S/C28H36N2O7/c1-21(31)13-14-26(32)30-25(20-23-11-7-4-8-12-23)28(34)37-18-16-35-15-17-36-27(33)24(29-2)19-22-9-5-3-6-10-22/h3-12,24-25,29H,13-20H2,1-2H3,(H,30,32). The summed E-state index contributed by atoms with van der Waals surface area (Å²) in [5.41, 5.74) is 1.89. The monoisotopic (exact) mass is 512 g/mol. The van der Waals surface area contributed by atoms with Crippen molar-refractivity contribution in [1.29, 1.82) is 0 Å². The van der Waals surface area contributed by atoms with E-state index in [4.69, 9.17) is 14.2 Å². The van der Waals surface area contributed by atoms with Gasteiger partial charge in [0.05, 0.1) is 13.2 Å². The van der Waals surface area contributed by atoms with Crippen molar-refractivity contribution in [1.82, 2.24) is 10.6 Å². The average Bonchev–Trinajstić information content (AvgIpc) is 2.90. The van der Waals surface area contributed by atoms with E-state index in [0.717, 1.165) is 11.1 Å². The zero-order valence-corrected chi connectivity index (χ0v) is 21.4. The van der Waals surface area contributed by atoms with Crippen molar-refractivity contribution in [3.63, 3.8) is 0 Å². The molecule has 37 heavy (non-hydrogen) atoms. The number of benzene rings is 2. The van der Waals surface area contributed by atoms with Gasteiger partial charge in [-0.3, -0.25) is 9.59 Å². The van der Waals surface area contributed by atoms with Gasteiger partial charge < -0.3 is 29.6 Å². The normalized spacial score (nSPS) is 12.3. The fourth-order valence-corrected chi connectivity index (χ4v) is 3.46. The van der Waals surface area contributed by atoms with Gasteiger partial charge in [-0.25, -0.2) is 4.79 Å². The highest BCUT2D eigenvalue weighted by Crippen LogP contribution is 2.07. The van der Waals surface area contributed by atoms with E-state index >= 15 is 0 Å². The summed E-state index contributed by atoms with van der Waals surface area (Å²) in [5, 5.41) is 5.62. The minimum Gasteiger partial charge on any atom is -0.462 e. The lowest BCUT2D eigenvalue weighted by molar-refractivity contribution is -0.150. The van der Waals surface area contributed by atoms with Crippen molar-refractivity contribution < 1.29 is 33.4 Å². The molecule has 0 aliphatic heterocycles. The van der Waals surface area contributed by atoms with E-state index in [1.807, 2.05) is 60.7 Å². The largest absolute Gasteiger partial charge is 0.462 e. The van der Waals surface area contributed by atoms with E-state index in [0.29, 0.717) is 6.42 Å². The van der Waals surface area contributed by atoms with Gasteiger partial charge in [-0.1, -0.05) is 60.7 Å². The van der Waals surface area contributed by atoms with Gasteiger partial charge >= 0.3 is 11.9 Å². The van der Waals surface area contributed by atoms with Gasteiger partial charge in [0.15, 0.2) is 0 Å². The van der Waals surface area contributed by atoms with Crippen molar-refractivity contribution in [3.05, 3.63) is 71.8 Å². The molecule has 2 rings (SSSR count). The highest BCUT2D eigenvalue weighted by Gasteiger charge is 2.23. The molecule has 0 spiro atoms. The molecule has 2 aromatic rings. The third kappa shape index (κ3) is 12.3. The molecule has 0 fully saturated rings. The summed E-state index contributed by atoms with van der Waals surface area (Å²) >= 11 is 0. The Labute approximate surface area is 217 Å². The summed E-state index contributed by atoms with van der Waals surface area (Å²) in [6.07, 6.45) is 0.897. The molecule has 200 valence electrons. The summed E-state index contributed by atoms with van der Waals surface area (Å²) < 4.78 is 16.0. The lowest BCUT2D eigenvalue weighted by Crippen LogP contribution is -2.43. The van der Waals surface area contributed by atoms with Crippen LogP contribution in [0.2, 0.25) is 0 Å². The van der Waals surface area contributed by atoms with Crippen LogP contribution in [0.1, 0.15) is 30.9 Å². The van der Waals surface area contributed by atoms with Gasteiger partial charge in [0.25, 0.3) is 0 Å². The number of amides is 1. The SMILES string of the molecule is CNC(Cc1ccccc1)C(=O)OCCOCCOC(=O)C(Cc1ccccc1)NC(=O)CCC(C)=O. The summed E-state index contributed by atoms with van der Waals surface area (Å²) in [5.74, 6) is -1.45. The predicted octanol–water partition coefficient (Wildman–Crippen LogP) is 2.02. The Morgan fingerprint density at radius 3 is 1.68 bits per heavy atom. The van der Waals surface area contributed by atoms with Crippen molar-refractivity contribution in [2.45, 2.75) is 44.7 Å². The molecule has 0 bridgehead atoms. The maximum atomic E-state index is 12.6. The van der Waals surface area contributed by atoms with Crippen molar-refractivity contribution >= 4 is 23.6 Å². The van der Waals surface area contributed by atoms with E-state index in [-0.39, 0.29) is 57.4 Å². The van der Waals surface area contributed by atoms with E-state index in [9.17, 15) is 19.2 Å². The third-order valence-corrected chi connectivity index (χ3v) is 5.47. The minimum atomic E-state index is -0.883. The second-order valence-corrected chi connectivity index (χ2v) is 8.49. The average molecular weight is 513 g/mol. The first-order valence-corrected chi connectivity index (χ1v) is 12.3. The van der Waals surface area contributed by atoms with Gasteiger partial charge in [0.2, 0.25) is 5.91 Å². The number of ether oxygens (including phenoxy) is 3. The van der Waals surface area contributed by atoms with Crippen LogP contribution < -0.4 is 10.6 Å². The van der Waals surface area contributed by atoms with Crippen LogP contribution in [-0.2, 0) is 46.2 Å². The highest BCUT2D eigenvalue weighted by molar-refractivity contribution is 5.87. The fourth-order valence-electron chi connectivity index (χ4n) is 3.46. The van der Waals surface area contributed by atoms with Crippen LogP contribution in [0, 0.1) is 0 Å². The number of Topliss-reactive ketones (excluding diaryl/α,β-unsaturated/α-hetero) is 1. The fraction of sp³-hybridized carbons (Fsp3) is 0.429. The van der Waals surface area contributed by atoms with Gasteiger partial charge in [0, 0.05) is 19.3 Å². The van der Waals surface area contributed by atoms with Crippen LogP contribution in [-0.4, -0.2) is 69.2 Å². The summed E-state index contributed by atoms with van der Waals surface area (Å²) in [6, 6.07) is 17.6. The molecule has 0 saturated carbocycles. The van der Waals surface area contributed by atoms with Gasteiger partial charge in [-0.2, -0.15) is 0 Å². The summed E-state index contributed by atoms with van der Waals surface area (Å²) in [7, 11) is 1.70. The zero-order chi connectivity index (χ0) is 26.9. The Bertz CT molecular complexity index is 983. The minimum absolute atomic E-state index is 0.00942. The van der Waals surface area contributed by atoms with Gasteiger partial charge in [-0.15, -0.1) is 0 Å². The molecule has 9 heteroatoms. The number of esters is 2. The van der Waals surface area contributed by atoms with Crippen molar-refractivity contribution in [2.24, 2.45) is 0 Å². The zero-order valence-electron chi connectivity index (χ0n) is 21.4.